The molecule has 0 aliphatic heterocycles. The van der Waals surface area contributed by atoms with E-state index >= 15 is 0 Å². The molecule has 12 aromatic rings. The molecule has 0 unspecified atom stereocenters. The zero-order valence-electron chi connectivity index (χ0n) is 36.8. The molecule has 1 heterocycles. The summed E-state index contributed by atoms with van der Waals surface area (Å²) in [6.07, 6.45) is 6.29. The fourth-order valence-electron chi connectivity index (χ4n) is 11.0. The molecule has 1 fully saturated rings. The van der Waals surface area contributed by atoms with Gasteiger partial charge in [0.1, 0.15) is 5.58 Å². The van der Waals surface area contributed by atoms with Crippen LogP contribution in [0.15, 0.2) is 223 Å². The highest BCUT2D eigenvalue weighted by Gasteiger charge is 2.26. The molecule has 0 saturated heterocycles. The maximum absolute atomic E-state index is 7.29. The van der Waals surface area contributed by atoms with Crippen molar-refractivity contribution >= 4 is 82.1 Å². The lowest BCUT2D eigenvalue weighted by atomic mass is 9.82. The van der Waals surface area contributed by atoms with Gasteiger partial charge in [-0.05, 0) is 155 Å². The molecule has 13 rings (SSSR count). The summed E-state index contributed by atoms with van der Waals surface area (Å²) in [5.41, 5.74) is 13.8. The van der Waals surface area contributed by atoms with Crippen LogP contribution in [0.2, 0.25) is 0 Å². The average Bonchev–Trinajstić information content (AvgIpc) is 3.79. The van der Waals surface area contributed by atoms with Crippen molar-refractivity contribution in [3.8, 4) is 33.4 Å². The Morgan fingerprint density at radius 3 is 1.58 bits per heavy atom. The fourth-order valence-corrected chi connectivity index (χ4v) is 11.0. The summed E-state index contributed by atoms with van der Waals surface area (Å²) < 4.78 is 7.29. The number of nitrogens with zero attached hydrogens (tertiary/aromatic N) is 1. The largest absolute Gasteiger partial charge is 0.454 e. The Kier molecular flexibility index (Phi) is 9.30. The second-order valence-corrected chi connectivity index (χ2v) is 18.3. The molecule has 1 aliphatic rings. The molecule has 1 aliphatic carbocycles. The third-order valence-electron chi connectivity index (χ3n) is 14.4. The van der Waals surface area contributed by atoms with Crippen molar-refractivity contribution in [2.45, 2.75) is 38.0 Å². The number of hydrogen-bond acceptors (Lipinski definition) is 2. The first-order chi connectivity index (χ1) is 32.7. The normalized spacial score (nSPS) is 13.4. The van der Waals surface area contributed by atoms with E-state index in [4.69, 9.17) is 4.42 Å². The average molecular weight is 846 g/mol. The molecule has 0 radical (unpaired) electrons. The minimum Gasteiger partial charge on any atom is -0.454 e. The zero-order valence-corrected chi connectivity index (χ0v) is 36.8. The first-order valence-electron chi connectivity index (χ1n) is 23.6. The van der Waals surface area contributed by atoms with Crippen molar-refractivity contribution in [3.05, 3.63) is 224 Å². The topological polar surface area (TPSA) is 16.4 Å². The van der Waals surface area contributed by atoms with Gasteiger partial charge in [-0.2, -0.15) is 0 Å². The van der Waals surface area contributed by atoms with Crippen molar-refractivity contribution in [1.82, 2.24) is 0 Å². The summed E-state index contributed by atoms with van der Waals surface area (Å²) in [6, 6.07) is 80.4. The van der Waals surface area contributed by atoms with E-state index in [9.17, 15) is 0 Å². The van der Waals surface area contributed by atoms with Crippen LogP contribution in [-0.2, 0) is 0 Å². The molecule has 0 bridgehead atoms. The maximum atomic E-state index is 7.29. The van der Waals surface area contributed by atoms with Crippen molar-refractivity contribution in [3.63, 3.8) is 0 Å². The van der Waals surface area contributed by atoms with E-state index in [2.05, 4.69) is 223 Å². The van der Waals surface area contributed by atoms with E-state index in [-0.39, 0.29) is 0 Å². The van der Waals surface area contributed by atoms with Crippen molar-refractivity contribution in [2.24, 2.45) is 0 Å². The molecular weight excluding hydrogens is 799 g/mol. The minimum absolute atomic E-state index is 0.502. The number of fused-ring (bicyclic) bond motifs is 8. The smallest absolute Gasteiger partial charge is 0.159 e. The van der Waals surface area contributed by atoms with Gasteiger partial charge in [0, 0.05) is 22.1 Å². The number of rotatable bonds is 7. The lowest BCUT2D eigenvalue weighted by molar-refractivity contribution is 0.442. The number of benzene rings is 11. The van der Waals surface area contributed by atoms with Crippen LogP contribution in [0.25, 0.3) is 98.4 Å². The molecule has 2 heteroatoms. The number of anilines is 3. The molecule has 1 aromatic heterocycles. The van der Waals surface area contributed by atoms with E-state index in [1.807, 2.05) is 0 Å². The molecule has 0 amide bonds. The Balaban J connectivity index is 0.924. The Morgan fingerprint density at radius 2 is 0.864 bits per heavy atom. The van der Waals surface area contributed by atoms with Gasteiger partial charge in [-0.3, -0.25) is 0 Å². The first-order valence-corrected chi connectivity index (χ1v) is 23.6. The number of para-hydroxylation sites is 1. The molecule has 2 nitrogen and oxygen atoms in total. The first kappa shape index (κ1) is 38.5. The van der Waals surface area contributed by atoms with Crippen LogP contribution in [0.3, 0.4) is 0 Å². The van der Waals surface area contributed by atoms with Crippen LogP contribution < -0.4 is 4.90 Å². The van der Waals surface area contributed by atoms with Crippen LogP contribution >= 0.6 is 0 Å². The predicted molar refractivity (Wildman–Crippen MR) is 281 cm³/mol. The zero-order chi connectivity index (χ0) is 43.6. The second-order valence-electron chi connectivity index (χ2n) is 18.3. The summed E-state index contributed by atoms with van der Waals surface area (Å²) in [5.74, 6) is 0.502. The van der Waals surface area contributed by atoms with Gasteiger partial charge in [-0.25, -0.2) is 0 Å². The van der Waals surface area contributed by atoms with Gasteiger partial charge in [-0.15, -0.1) is 0 Å². The summed E-state index contributed by atoms with van der Waals surface area (Å²) in [4.78, 5) is 2.39. The van der Waals surface area contributed by atoms with Crippen LogP contribution in [-0.4, -0.2) is 0 Å². The van der Waals surface area contributed by atoms with Crippen LogP contribution in [0.5, 0.6) is 0 Å². The monoisotopic (exact) mass is 845 g/mol. The van der Waals surface area contributed by atoms with Crippen LogP contribution in [0.1, 0.15) is 43.6 Å². The Hall–Kier alpha value is -7.94. The Labute approximate surface area is 385 Å². The highest BCUT2D eigenvalue weighted by Crippen LogP contribution is 2.48. The number of hydrogen-bond donors (Lipinski definition) is 0. The highest BCUT2D eigenvalue weighted by atomic mass is 16.3. The summed E-state index contributed by atoms with van der Waals surface area (Å²) in [7, 11) is 0. The van der Waals surface area contributed by atoms with Gasteiger partial charge in [0.05, 0.1) is 5.69 Å². The Bertz CT molecular complexity index is 3790. The maximum Gasteiger partial charge on any atom is 0.159 e. The molecule has 66 heavy (non-hydrogen) atoms. The van der Waals surface area contributed by atoms with E-state index in [0.717, 1.165) is 33.6 Å². The SMILES string of the molecule is c1ccc2cc(-c3ccc4cc(-c5ccc(N(c6ccc(-c7cccc8ccccc78)cc6)c6cccc7c6oc6c(C8CCCCC8)cc8ccccc8c67)cc5)ccc4c3)ccc2c1. The molecule has 0 spiro atoms. The lowest BCUT2D eigenvalue weighted by Gasteiger charge is -2.26. The van der Waals surface area contributed by atoms with Gasteiger partial charge < -0.3 is 9.32 Å². The third kappa shape index (κ3) is 6.63. The van der Waals surface area contributed by atoms with Gasteiger partial charge in [0.2, 0.25) is 0 Å². The molecule has 314 valence electrons. The van der Waals surface area contributed by atoms with E-state index < -0.39 is 0 Å². The van der Waals surface area contributed by atoms with Gasteiger partial charge in [-0.1, -0.05) is 183 Å². The highest BCUT2D eigenvalue weighted by molar-refractivity contribution is 6.22. The van der Waals surface area contributed by atoms with Crippen molar-refractivity contribution in [1.29, 1.82) is 0 Å². The summed E-state index contributed by atoms with van der Waals surface area (Å²) in [6.45, 7) is 0. The fraction of sp³-hybridized carbons (Fsp3) is 0.0938. The molecule has 0 N–H and O–H groups in total. The van der Waals surface area contributed by atoms with Crippen LogP contribution in [0.4, 0.5) is 17.1 Å². The third-order valence-corrected chi connectivity index (χ3v) is 14.4. The van der Waals surface area contributed by atoms with E-state index in [1.165, 1.54) is 120 Å². The van der Waals surface area contributed by atoms with E-state index in [1.54, 1.807) is 0 Å². The molecule has 1 saturated carbocycles. The quantitative estimate of drug-likeness (QED) is 0.159. The second kappa shape index (κ2) is 15.9. The lowest BCUT2D eigenvalue weighted by Crippen LogP contribution is -2.10. The Morgan fingerprint density at radius 1 is 0.348 bits per heavy atom. The predicted octanol–water partition coefficient (Wildman–Crippen LogP) is 18.7. The van der Waals surface area contributed by atoms with Crippen molar-refractivity contribution < 1.29 is 4.42 Å². The molecule has 11 aromatic carbocycles. The van der Waals surface area contributed by atoms with Gasteiger partial charge in [0.25, 0.3) is 0 Å². The number of furan rings is 1. The van der Waals surface area contributed by atoms with Gasteiger partial charge >= 0.3 is 0 Å². The summed E-state index contributed by atoms with van der Waals surface area (Å²) >= 11 is 0. The molecular formula is C64H47NO. The van der Waals surface area contributed by atoms with Crippen molar-refractivity contribution in [2.75, 3.05) is 4.90 Å². The molecule has 0 atom stereocenters. The van der Waals surface area contributed by atoms with Gasteiger partial charge in [0.15, 0.2) is 5.58 Å². The standard InChI is InChI=1S/C64H47NO/c1-2-13-45(14-3-1)60-41-53-17-7-9-20-58(53)62-59-22-11-23-61(63(59)66-64(60)62)65(55-36-32-46(33-37-55)57-21-10-18-44-15-6-8-19-56(44)57)54-34-30-43(31-35-54)48-26-27-51-40-52(29-28-50(51)39-48)49-25-24-42-12-4-5-16-47(42)38-49/h4-12,15-41,45H,1-3,13-14H2. The summed E-state index contributed by atoms with van der Waals surface area (Å²) in [5, 5.41) is 12.4. The van der Waals surface area contributed by atoms with Crippen LogP contribution in [0, 0.1) is 0 Å². The minimum atomic E-state index is 0.502. The van der Waals surface area contributed by atoms with E-state index in [0.29, 0.717) is 5.92 Å².